The van der Waals surface area contributed by atoms with Crippen molar-refractivity contribution < 1.29 is 4.79 Å². The Bertz CT molecular complexity index is 498. The number of rotatable bonds is 1. The molecule has 18 heavy (non-hydrogen) atoms. The van der Waals surface area contributed by atoms with Crippen molar-refractivity contribution in [3.63, 3.8) is 0 Å². The number of hydrogen-bond donors (Lipinski definition) is 0. The van der Waals surface area contributed by atoms with E-state index in [0.717, 1.165) is 11.1 Å². The minimum Gasteiger partial charge on any atom is -0.276 e. The van der Waals surface area contributed by atoms with Gasteiger partial charge in [0.1, 0.15) is 0 Å². The van der Waals surface area contributed by atoms with E-state index in [1.807, 2.05) is 38.1 Å². The average molecular weight is 261 g/mol. The monoisotopic (exact) mass is 260 g/mol. The van der Waals surface area contributed by atoms with Crippen molar-refractivity contribution in [2.75, 3.05) is 0 Å². The summed E-state index contributed by atoms with van der Waals surface area (Å²) in [6.45, 7) is 5.96. The summed E-state index contributed by atoms with van der Waals surface area (Å²) in [5.41, 5.74) is 4.02. The Hall–Kier alpha value is -1.60. The summed E-state index contributed by atoms with van der Waals surface area (Å²) in [7, 11) is 0. The Morgan fingerprint density at radius 2 is 1.33 bits per heavy atom. The minimum absolute atomic E-state index is 0.392. The molecule has 94 valence electrons. The zero-order chi connectivity index (χ0) is 13.5. The first-order valence-electron chi connectivity index (χ1n) is 5.79. The smallest absolute Gasteiger partial charge is 0.252 e. The fraction of sp³-hybridized carbons (Fsp3) is 0.188. The Labute approximate surface area is 113 Å². The number of benzene rings is 2. The summed E-state index contributed by atoms with van der Waals surface area (Å²) in [4.78, 5) is 10.7. The van der Waals surface area contributed by atoms with Gasteiger partial charge in [-0.1, -0.05) is 53.1 Å². The van der Waals surface area contributed by atoms with Crippen LogP contribution in [0, 0.1) is 20.8 Å². The highest BCUT2D eigenvalue weighted by molar-refractivity contribution is 6.67. The summed E-state index contributed by atoms with van der Waals surface area (Å²) < 4.78 is 0. The minimum atomic E-state index is -0.392. The highest BCUT2D eigenvalue weighted by Crippen LogP contribution is 2.10. The summed E-state index contributed by atoms with van der Waals surface area (Å²) in [5.74, 6) is 0. The van der Waals surface area contributed by atoms with Gasteiger partial charge < -0.3 is 0 Å². The van der Waals surface area contributed by atoms with Crippen molar-refractivity contribution in [1.82, 2.24) is 0 Å². The second-order valence-corrected chi connectivity index (χ2v) is 4.65. The van der Waals surface area contributed by atoms with Gasteiger partial charge in [-0.2, -0.15) is 0 Å². The molecule has 0 fully saturated rings. The van der Waals surface area contributed by atoms with Gasteiger partial charge in [0.05, 0.1) is 0 Å². The van der Waals surface area contributed by atoms with Gasteiger partial charge in [-0.05, 0) is 44.5 Å². The SMILES string of the molecule is Cc1cc(C)cc(C(=O)Cl)c1.Cc1ccccc1. The number of aryl methyl sites for hydroxylation is 3. The summed E-state index contributed by atoms with van der Waals surface area (Å²) in [5, 5.41) is -0.392. The van der Waals surface area contributed by atoms with Crippen LogP contribution in [0.4, 0.5) is 0 Å². The van der Waals surface area contributed by atoms with E-state index < -0.39 is 5.24 Å². The molecule has 2 rings (SSSR count). The molecule has 0 aliphatic heterocycles. The van der Waals surface area contributed by atoms with Crippen LogP contribution in [0.25, 0.3) is 0 Å². The Kier molecular flexibility index (Phi) is 5.60. The van der Waals surface area contributed by atoms with E-state index in [4.69, 9.17) is 11.6 Å². The normalized spacial score (nSPS) is 9.33. The second-order valence-electron chi connectivity index (χ2n) is 4.30. The third-order valence-corrected chi connectivity index (χ3v) is 2.61. The van der Waals surface area contributed by atoms with E-state index >= 15 is 0 Å². The van der Waals surface area contributed by atoms with E-state index in [1.165, 1.54) is 5.56 Å². The highest BCUT2D eigenvalue weighted by atomic mass is 35.5. The van der Waals surface area contributed by atoms with Crippen molar-refractivity contribution in [2.45, 2.75) is 20.8 Å². The van der Waals surface area contributed by atoms with Crippen LogP contribution in [-0.4, -0.2) is 5.24 Å². The van der Waals surface area contributed by atoms with E-state index in [1.54, 1.807) is 12.1 Å². The lowest BCUT2D eigenvalue weighted by atomic mass is 10.1. The standard InChI is InChI=1S/C9H9ClO.C7H8/c1-6-3-7(2)5-8(4-6)9(10)11;1-7-5-3-2-4-6-7/h3-5H,1-2H3;2-6H,1H3. The van der Waals surface area contributed by atoms with Crippen LogP contribution >= 0.6 is 11.6 Å². The maximum absolute atomic E-state index is 10.7. The molecule has 2 aromatic carbocycles. The quantitative estimate of drug-likeness (QED) is 0.681. The topological polar surface area (TPSA) is 17.1 Å². The van der Waals surface area contributed by atoms with Gasteiger partial charge >= 0.3 is 0 Å². The lowest BCUT2D eigenvalue weighted by Gasteiger charge is -1.98. The van der Waals surface area contributed by atoms with Gasteiger partial charge in [0.15, 0.2) is 0 Å². The van der Waals surface area contributed by atoms with E-state index in [-0.39, 0.29) is 0 Å². The fourth-order valence-corrected chi connectivity index (χ4v) is 1.73. The molecule has 0 saturated carbocycles. The van der Waals surface area contributed by atoms with Gasteiger partial charge in [0, 0.05) is 5.56 Å². The van der Waals surface area contributed by atoms with Gasteiger partial charge in [-0.15, -0.1) is 0 Å². The third kappa shape index (κ3) is 5.15. The molecule has 0 N–H and O–H groups in total. The van der Waals surface area contributed by atoms with Crippen LogP contribution < -0.4 is 0 Å². The predicted molar refractivity (Wildman–Crippen MR) is 77.3 cm³/mol. The zero-order valence-corrected chi connectivity index (χ0v) is 11.7. The molecule has 0 unspecified atom stereocenters. The molecule has 0 aliphatic rings. The van der Waals surface area contributed by atoms with Gasteiger partial charge in [-0.3, -0.25) is 4.79 Å². The fourth-order valence-electron chi connectivity index (χ4n) is 1.62. The van der Waals surface area contributed by atoms with Gasteiger partial charge in [-0.25, -0.2) is 0 Å². The Morgan fingerprint density at radius 3 is 1.67 bits per heavy atom. The first-order valence-corrected chi connectivity index (χ1v) is 6.16. The largest absolute Gasteiger partial charge is 0.276 e. The molecule has 0 amide bonds. The molecule has 2 heteroatoms. The van der Waals surface area contributed by atoms with Crippen molar-refractivity contribution in [3.05, 3.63) is 70.8 Å². The Morgan fingerprint density at radius 1 is 0.833 bits per heavy atom. The lowest BCUT2D eigenvalue weighted by Crippen LogP contribution is -1.90. The van der Waals surface area contributed by atoms with Crippen molar-refractivity contribution in [1.29, 1.82) is 0 Å². The lowest BCUT2D eigenvalue weighted by molar-refractivity contribution is 0.108. The molecule has 0 heterocycles. The molecular formula is C16H17ClO. The van der Waals surface area contributed by atoms with Crippen molar-refractivity contribution in [3.8, 4) is 0 Å². The molecule has 0 atom stereocenters. The summed E-state index contributed by atoms with van der Waals surface area (Å²) in [6.07, 6.45) is 0. The number of halogens is 1. The Balaban J connectivity index is 0.000000199. The van der Waals surface area contributed by atoms with Crippen LogP contribution in [0.15, 0.2) is 48.5 Å². The van der Waals surface area contributed by atoms with Crippen LogP contribution in [0.3, 0.4) is 0 Å². The summed E-state index contributed by atoms with van der Waals surface area (Å²) >= 11 is 5.31. The van der Waals surface area contributed by atoms with Crippen LogP contribution in [-0.2, 0) is 0 Å². The maximum Gasteiger partial charge on any atom is 0.252 e. The molecule has 2 aromatic rings. The van der Waals surface area contributed by atoms with E-state index in [0.29, 0.717) is 5.56 Å². The third-order valence-electron chi connectivity index (χ3n) is 2.39. The number of hydrogen-bond acceptors (Lipinski definition) is 1. The summed E-state index contributed by atoms with van der Waals surface area (Å²) in [6, 6.07) is 15.8. The molecule has 0 radical (unpaired) electrons. The van der Waals surface area contributed by atoms with E-state index in [2.05, 4.69) is 19.1 Å². The first-order chi connectivity index (χ1) is 8.49. The average Bonchev–Trinajstić information content (AvgIpc) is 2.29. The molecule has 0 bridgehead atoms. The van der Waals surface area contributed by atoms with Crippen LogP contribution in [0.2, 0.25) is 0 Å². The predicted octanol–water partition coefficient (Wildman–Crippen LogP) is 4.68. The van der Waals surface area contributed by atoms with E-state index in [9.17, 15) is 4.79 Å². The highest BCUT2D eigenvalue weighted by Gasteiger charge is 2.01. The van der Waals surface area contributed by atoms with Crippen molar-refractivity contribution >= 4 is 16.8 Å². The molecular weight excluding hydrogens is 244 g/mol. The van der Waals surface area contributed by atoms with Crippen molar-refractivity contribution in [2.24, 2.45) is 0 Å². The number of carbonyl (C=O) groups is 1. The molecule has 0 saturated heterocycles. The van der Waals surface area contributed by atoms with Gasteiger partial charge in [0.2, 0.25) is 0 Å². The zero-order valence-electron chi connectivity index (χ0n) is 10.9. The second kappa shape index (κ2) is 6.97. The maximum atomic E-state index is 10.7. The molecule has 0 spiro atoms. The molecule has 0 aromatic heterocycles. The molecule has 0 aliphatic carbocycles. The van der Waals surface area contributed by atoms with Gasteiger partial charge in [0.25, 0.3) is 5.24 Å². The molecule has 1 nitrogen and oxygen atoms in total. The van der Waals surface area contributed by atoms with Crippen LogP contribution in [0.5, 0.6) is 0 Å². The van der Waals surface area contributed by atoms with Crippen LogP contribution in [0.1, 0.15) is 27.0 Å². The number of carbonyl (C=O) groups excluding carboxylic acids is 1. The first kappa shape index (κ1) is 14.5.